The fourth-order valence-corrected chi connectivity index (χ4v) is 3.20. The molecule has 2 aliphatic rings. The zero-order valence-electron chi connectivity index (χ0n) is 12.3. The van der Waals surface area contributed by atoms with E-state index in [1.165, 1.54) is 37.8 Å². The van der Waals surface area contributed by atoms with Crippen molar-refractivity contribution in [3.63, 3.8) is 0 Å². The molecule has 0 radical (unpaired) electrons. The Morgan fingerprint density at radius 3 is 2.86 bits per heavy atom. The summed E-state index contributed by atoms with van der Waals surface area (Å²) in [5, 5.41) is 12.7. The van der Waals surface area contributed by atoms with Crippen molar-refractivity contribution in [3.05, 3.63) is 35.1 Å². The van der Waals surface area contributed by atoms with Gasteiger partial charge in [-0.2, -0.15) is 5.26 Å². The minimum absolute atomic E-state index is 0.329. The standard InChI is InChI=1S/C17H22FN3/c18-16-4-3-14(15(8-16)9-19)12-21(17-5-6-17)11-13-2-1-7-20-10-13/h3-4,8,13,17,20H,1-2,5-7,10-12H2. The molecule has 1 atom stereocenters. The highest BCUT2D eigenvalue weighted by atomic mass is 19.1. The molecule has 0 amide bonds. The lowest BCUT2D eigenvalue weighted by atomic mass is 9.98. The number of nitrogens with one attached hydrogen (secondary N) is 1. The molecule has 3 nitrogen and oxygen atoms in total. The van der Waals surface area contributed by atoms with Gasteiger partial charge >= 0.3 is 0 Å². The zero-order valence-corrected chi connectivity index (χ0v) is 12.3. The number of benzene rings is 1. The van der Waals surface area contributed by atoms with Gasteiger partial charge in [0.25, 0.3) is 0 Å². The van der Waals surface area contributed by atoms with Crippen LogP contribution in [0.25, 0.3) is 0 Å². The Hall–Kier alpha value is -1.44. The number of nitriles is 1. The van der Waals surface area contributed by atoms with Crippen LogP contribution in [0.1, 0.15) is 36.8 Å². The third-order valence-corrected chi connectivity index (χ3v) is 4.52. The summed E-state index contributed by atoms with van der Waals surface area (Å²) in [6.07, 6.45) is 5.04. The quantitative estimate of drug-likeness (QED) is 0.905. The number of nitrogens with zero attached hydrogens (tertiary/aromatic N) is 2. The maximum atomic E-state index is 13.2. The summed E-state index contributed by atoms with van der Waals surface area (Å²) in [6.45, 7) is 4.08. The predicted molar refractivity (Wildman–Crippen MR) is 80.1 cm³/mol. The van der Waals surface area contributed by atoms with Gasteiger partial charge in [-0.3, -0.25) is 4.90 Å². The largest absolute Gasteiger partial charge is 0.316 e. The summed E-state index contributed by atoms with van der Waals surface area (Å²) in [6, 6.07) is 7.36. The molecule has 1 aliphatic carbocycles. The highest BCUT2D eigenvalue weighted by Crippen LogP contribution is 2.30. The molecule has 1 heterocycles. The molecule has 0 spiro atoms. The summed E-state index contributed by atoms with van der Waals surface area (Å²) < 4.78 is 13.2. The van der Waals surface area contributed by atoms with E-state index in [4.69, 9.17) is 0 Å². The van der Waals surface area contributed by atoms with Crippen LogP contribution < -0.4 is 5.32 Å². The van der Waals surface area contributed by atoms with E-state index < -0.39 is 0 Å². The minimum Gasteiger partial charge on any atom is -0.316 e. The van der Waals surface area contributed by atoms with E-state index in [1.54, 1.807) is 6.07 Å². The molecule has 4 heteroatoms. The van der Waals surface area contributed by atoms with Crippen LogP contribution in [-0.2, 0) is 6.54 Å². The summed E-state index contributed by atoms with van der Waals surface area (Å²) >= 11 is 0. The Morgan fingerprint density at radius 1 is 1.33 bits per heavy atom. The molecule has 1 aliphatic heterocycles. The lowest BCUT2D eigenvalue weighted by Crippen LogP contribution is -2.39. The van der Waals surface area contributed by atoms with Gasteiger partial charge in [-0.1, -0.05) is 6.07 Å². The Balaban J connectivity index is 1.69. The SMILES string of the molecule is N#Cc1cc(F)ccc1CN(CC1CCCNC1)C1CC1. The number of piperidine rings is 1. The van der Waals surface area contributed by atoms with Crippen LogP contribution in [-0.4, -0.2) is 30.6 Å². The molecule has 1 unspecified atom stereocenters. The van der Waals surface area contributed by atoms with Crippen molar-refractivity contribution in [1.29, 1.82) is 5.26 Å². The maximum Gasteiger partial charge on any atom is 0.124 e. The first-order valence-corrected chi connectivity index (χ1v) is 7.89. The van der Waals surface area contributed by atoms with Crippen molar-refractivity contribution in [3.8, 4) is 6.07 Å². The van der Waals surface area contributed by atoms with E-state index >= 15 is 0 Å². The monoisotopic (exact) mass is 287 g/mol. The molecule has 1 saturated heterocycles. The average Bonchev–Trinajstić information content (AvgIpc) is 3.34. The lowest BCUT2D eigenvalue weighted by Gasteiger charge is -2.30. The summed E-state index contributed by atoms with van der Waals surface area (Å²) in [7, 11) is 0. The molecular formula is C17H22FN3. The smallest absolute Gasteiger partial charge is 0.124 e. The maximum absolute atomic E-state index is 13.2. The first kappa shape index (κ1) is 14.5. The van der Waals surface area contributed by atoms with E-state index in [0.717, 1.165) is 31.7 Å². The van der Waals surface area contributed by atoms with Gasteiger partial charge < -0.3 is 5.32 Å². The van der Waals surface area contributed by atoms with Crippen molar-refractivity contribution in [2.24, 2.45) is 5.92 Å². The van der Waals surface area contributed by atoms with Crippen molar-refractivity contribution in [2.75, 3.05) is 19.6 Å². The normalized spacial score (nSPS) is 22.2. The second kappa shape index (κ2) is 6.55. The molecule has 2 fully saturated rings. The van der Waals surface area contributed by atoms with Gasteiger partial charge in [0.05, 0.1) is 11.6 Å². The summed E-state index contributed by atoms with van der Waals surface area (Å²) in [5.74, 6) is 0.370. The molecular weight excluding hydrogens is 265 g/mol. The molecule has 0 aromatic heterocycles. The van der Waals surface area contributed by atoms with Gasteiger partial charge in [0.1, 0.15) is 5.82 Å². The second-order valence-corrected chi connectivity index (χ2v) is 6.29. The molecule has 21 heavy (non-hydrogen) atoms. The molecule has 1 aromatic carbocycles. The highest BCUT2D eigenvalue weighted by molar-refractivity contribution is 5.38. The van der Waals surface area contributed by atoms with Crippen LogP contribution in [0.3, 0.4) is 0 Å². The van der Waals surface area contributed by atoms with Gasteiger partial charge in [-0.25, -0.2) is 4.39 Å². The molecule has 1 aromatic rings. The molecule has 3 rings (SSSR count). The zero-order chi connectivity index (χ0) is 14.7. The number of halogens is 1. The van der Waals surface area contributed by atoms with Crippen molar-refractivity contribution < 1.29 is 4.39 Å². The Labute approximate surface area is 125 Å². The lowest BCUT2D eigenvalue weighted by molar-refractivity contribution is 0.192. The van der Waals surface area contributed by atoms with Crippen molar-refractivity contribution >= 4 is 0 Å². The van der Waals surface area contributed by atoms with E-state index in [9.17, 15) is 9.65 Å². The molecule has 1 N–H and O–H groups in total. The first-order valence-electron chi connectivity index (χ1n) is 7.89. The highest BCUT2D eigenvalue weighted by Gasteiger charge is 2.31. The van der Waals surface area contributed by atoms with Crippen LogP contribution >= 0.6 is 0 Å². The van der Waals surface area contributed by atoms with E-state index in [-0.39, 0.29) is 5.82 Å². The fraction of sp³-hybridized carbons (Fsp3) is 0.588. The van der Waals surface area contributed by atoms with Crippen LogP contribution in [0.5, 0.6) is 0 Å². The first-order chi connectivity index (χ1) is 10.3. The Kier molecular flexibility index (Phi) is 4.52. The van der Waals surface area contributed by atoms with E-state index in [2.05, 4.69) is 16.3 Å². The van der Waals surface area contributed by atoms with Gasteiger partial charge in [0.15, 0.2) is 0 Å². The minimum atomic E-state index is -0.329. The number of rotatable bonds is 5. The van der Waals surface area contributed by atoms with Crippen LogP contribution in [0, 0.1) is 23.1 Å². The van der Waals surface area contributed by atoms with E-state index in [0.29, 0.717) is 17.5 Å². The Bertz CT molecular complexity index is 527. The second-order valence-electron chi connectivity index (χ2n) is 6.29. The average molecular weight is 287 g/mol. The fourth-order valence-electron chi connectivity index (χ4n) is 3.20. The molecule has 112 valence electrons. The van der Waals surface area contributed by atoms with Gasteiger partial charge in [-0.15, -0.1) is 0 Å². The van der Waals surface area contributed by atoms with Crippen LogP contribution in [0.2, 0.25) is 0 Å². The Morgan fingerprint density at radius 2 is 2.19 bits per heavy atom. The van der Waals surface area contributed by atoms with Gasteiger partial charge in [0, 0.05) is 19.1 Å². The van der Waals surface area contributed by atoms with Crippen molar-refractivity contribution in [2.45, 2.75) is 38.3 Å². The third kappa shape index (κ3) is 3.81. The number of hydrogen-bond acceptors (Lipinski definition) is 3. The number of hydrogen-bond donors (Lipinski definition) is 1. The summed E-state index contributed by atoms with van der Waals surface area (Å²) in [5.41, 5.74) is 1.43. The van der Waals surface area contributed by atoms with Gasteiger partial charge in [-0.05, 0) is 62.4 Å². The third-order valence-electron chi connectivity index (χ3n) is 4.52. The summed E-state index contributed by atoms with van der Waals surface area (Å²) in [4.78, 5) is 2.49. The van der Waals surface area contributed by atoms with Crippen LogP contribution in [0.15, 0.2) is 18.2 Å². The predicted octanol–water partition coefficient (Wildman–Crippen LogP) is 2.66. The molecule has 1 saturated carbocycles. The van der Waals surface area contributed by atoms with Crippen molar-refractivity contribution in [1.82, 2.24) is 10.2 Å². The topological polar surface area (TPSA) is 39.1 Å². The van der Waals surface area contributed by atoms with Crippen LogP contribution in [0.4, 0.5) is 4.39 Å². The van der Waals surface area contributed by atoms with E-state index in [1.807, 2.05) is 0 Å². The molecule has 0 bridgehead atoms. The van der Waals surface area contributed by atoms with Gasteiger partial charge in [0.2, 0.25) is 0 Å².